The fourth-order valence-corrected chi connectivity index (χ4v) is 6.47. The normalized spacial score (nSPS) is 17.7. The number of alkyl carbamates (subject to hydrolysis) is 1. The van der Waals surface area contributed by atoms with Crippen molar-refractivity contribution in [3.05, 3.63) is 71.3 Å². The van der Waals surface area contributed by atoms with Crippen molar-refractivity contribution in [3.63, 3.8) is 0 Å². The summed E-state index contributed by atoms with van der Waals surface area (Å²) in [7, 11) is 0. The minimum atomic E-state index is -0.624. The van der Waals surface area contributed by atoms with E-state index >= 15 is 0 Å². The van der Waals surface area contributed by atoms with Gasteiger partial charge in [-0.3, -0.25) is 9.59 Å². The Morgan fingerprint density at radius 2 is 1.69 bits per heavy atom. The second-order valence-electron chi connectivity index (χ2n) is 15.5. The zero-order valence-electron chi connectivity index (χ0n) is 31.4. The van der Waals surface area contributed by atoms with Crippen molar-refractivity contribution in [2.75, 3.05) is 24.6 Å². The van der Waals surface area contributed by atoms with Crippen molar-refractivity contribution in [1.82, 2.24) is 10.6 Å². The molecule has 2 aliphatic rings. The standard InChI is InChI=1S/C41H54FN3O6S/c1-39(2)24-26-45(35-21-18-31(28-34(35)39)15-14-30-16-19-33(20-17-30)51-52-42)37(47)23-22-36(46)44-40(3,4)25-27-49-41(5,6)29-43-38(48)50-32-12-10-8-7-9-11-13-32/h7-8,16-21,28,32H,9-13,22-27,29H2,1-6H3,(H,43,48)(H,44,46)/b8-7+. The van der Waals surface area contributed by atoms with Crippen LogP contribution in [0.2, 0.25) is 0 Å². The van der Waals surface area contributed by atoms with Crippen LogP contribution in [0.15, 0.2) is 54.6 Å². The minimum Gasteiger partial charge on any atom is -0.446 e. The molecule has 0 fully saturated rings. The van der Waals surface area contributed by atoms with Crippen LogP contribution < -0.4 is 19.7 Å². The van der Waals surface area contributed by atoms with E-state index < -0.39 is 17.2 Å². The maximum Gasteiger partial charge on any atom is 0.407 e. The number of allylic oxidation sites excluding steroid dienone is 2. The summed E-state index contributed by atoms with van der Waals surface area (Å²) >= 11 is -0.200. The highest BCUT2D eigenvalue weighted by atomic mass is 32.2. The van der Waals surface area contributed by atoms with Gasteiger partial charge >= 0.3 is 6.09 Å². The van der Waals surface area contributed by atoms with Crippen molar-refractivity contribution in [1.29, 1.82) is 0 Å². The molecule has 0 radical (unpaired) electrons. The number of hydrogen-bond donors (Lipinski definition) is 2. The minimum absolute atomic E-state index is 0.0709. The quantitative estimate of drug-likeness (QED) is 0.121. The number of rotatable bonds is 13. The van der Waals surface area contributed by atoms with Gasteiger partial charge in [-0.1, -0.05) is 37.8 Å². The van der Waals surface area contributed by atoms with E-state index in [1.807, 2.05) is 45.9 Å². The number of nitrogens with one attached hydrogen (secondary N) is 2. The lowest BCUT2D eigenvalue weighted by molar-refractivity contribution is -0.126. The monoisotopic (exact) mass is 735 g/mol. The number of halogens is 1. The summed E-state index contributed by atoms with van der Waals surface area (Å²) in [4.78, 5) is 40.7. The summed E-state index contributed by atoms with van der Waals surface area (Å²) in [6, 6.07) is 12.7. The molecule has 0 bridgehead atoms. The summed E-state index contributed by atoms with van der Waals surface area (Å²) in [6.45, 7) is 13.2. The summed E-state index contributed by atoms with van der Waals surface area (Å²) in [5.41, 5.74) is 2.14. The first-order valence-electron chi connectivity index (χ1n) is 18.2. The first kappa shape index (κ1) is 40.8. The third-order valence-corrected chi connectivity index (χ3v) is 9.78. The van der Waals surface area contributed by atoms with Gasteiger partial charge in [0.15, 0.2) is 0 Å². The molecule has 2 N–H and O–H groups in total. The van der Waals surface area contributed by atoms with E-state index in [4.69, 9.17) is 13.7 Å². The molecule has 52 heavy (non-hydrogen) atoms. The molecule has 11 heteroatoms. The van der Waals surface area contributed by atoms with Crippen LogP contribution in [-0.4, -0.2) is 54.8 Å². The van der Waals surface area contributed by atoms with Gasteiger partial charge in [0.1, 0.15) is 11.9 Å². The topological polar surface area (TPSA) is 106 Å². The van der Waals surface area contributed by atoms with E-state index in [0.29, 0.717) is 31.9 Å². The van der Waals surface area contributed by atoms with Gasteiger partial charge in [-0.25, -0.2) is 4.79 Å². The molecular formula is C41H54FN3O6S. The average Bonchev–Trinajstić information content (AvgIpc) is 3.07. The Labute approximate surface area is 313 Å². The Kier molecular flexibility index (Phi) is 14.6. The lowest BCUT2D eigenvalue weighted by atomic mass is 9.77. The third-order valence-electron chi connectivity index (χ3n) is 9.53. The van der Waals surface area contributed by atoms with Crippen LogP contribution in [0.5, 0.6) is 5.75 Å². The lowest BCUT2D eigenvalue weighted by Crippen LogP contribution is -2.46. The highest BCUT2D eigenvalue weighted by Gasteiger charge is 2.34. The van der Waals surface area contributed by atoms with Gasteiger partial charge < -0.3 is 29.2 Å². The maximum atomic E-state index is 13.5. The van der Waals surface area contributed by atoms with Gasteiger partial charge in [0.25, 0.3) is 12.4 Å². The lowest BCUT2D eigenvalue weighted by Gasteiger charge is -2.39. The number of carbonyl (C=O) groups excluding carboxylic acids is 3. The zero-order valence-corrected chi connectivity index (χ0v) is 32.3. The number of amides is 3. The van der Waals surface area contributed by atoms with Gasteiger partial charge in [0.2, 0.25) is 11.8 Å². The van der Waals surface area contributed by atoms with Crippen molar-refractivity contribution in [2.24, 2.45) is 0 Å². The Morgan fingerprint density at radius 3 is 2.44 bits per heavy atom. The fourth-order valence-electron chi connectivity index (χ4n) is 6.28. The van der Waals surface area contributed by atoms with Gasteiger partial charge in [0, 0.05) is 54.9 Å². The molecule has 1 atom stereocenters. The molecule has 282 valence electrons. The molecular weight excluding hydrogens is 682 g/mol. The molecule has 2 aromatic rings. The Bertz CT molecular complexity index is 1630. The molecule has 1 heterocycles. The molecule has 0 aromatic heterocycles. The molecule has 1 unspecified atom stereocenters. The third kappa shape index (κ3) is 12.9. The number of benzene rings is 2. The van der Waals surface area contributed by atoms with Gasteiger partial charge in [-0.05, 0) is 126 Å². The molecule has 4 rings (SSSR count). The number of hydrogen-bond acceptors (Lipinski definition) is 7. The van der Waals surface area contributed by atoms with E-state index in [-0.39, 0.29) is 48.6 Å². The van der Waals surface area contributed by atoms with Crippen LogP contribution in [0.1, 0.15) is 116 Å². The predicted molar refractivity (Wildman–Crippen MR) is 205 cm³/mol. The largest absolute Gasteiger partial charge is 0.446 e. The second-order valence-corrected chi connectivity index (χ2v) is 15.8. The number of nitrogens with zero attached hydrogens (tertiary/aromatic N) is 1. The van der Waals surface area contributed by atoms with Crippen molar-refractivity contribution in [3.8, 4) is 17.6 Å². The molecule has 1 aliphatic carbocycles. The second kappa shape index (κ2) is 18.7. The van der Waals surface area contributed by atoms with E-state index in [1.165, 1.54) is 0 Å². The van der Waals surface area contributed by atoms with Crippen LogP contribution in [0, 0.1) is 11.8 Å². The number of ether oxygens (including phenoxy) is 2. The smallest absolute Gasteiger partial charge is 0.407 e. The highest BCUT2D eigenvalue weighted by molar-refractivity contribution is 7.89. The molecule has 0 saturated heterocycles. The molecule has 0 spiro atoms. The Morgan fingerprint density at radius 1 is 0.981 bits per heavy atom. The molecule has 0 saturated carbocycles. The van der Waals surface area contributed by atoms with Gasteiger partial charge in [0.05, 0.1) is 5.60 Å². The summed E-state index contributed by atoms with van der Waals surface area (Å²) in [5, 5.41) is 5.90. The molecule has 9 nitrogen and oxygen atoms in total. The molecule has 1 aliphatic heterocycles. The Balaban J connectivity index is 1.23. The number of anilines is 1. The first-order valence-corrected chi connectivity index (χ1v) is 18.9. The summed E-state index contributed by atoms with van der Waals surface area (Å²) in [6.07, 6.45) is 9.98. The maximum absolute atomic E-state index is 13.5. The van der Waals surface area contributed by atoms with E-state index in [9.17, 15) is 18.3 Å². The van der Waals surface area contributed by atoms with E-state index in [2.05, 4.69) is 48.5 Å². The van der Waals surface area contributed by atoms with Gasteiger partial charge in [-0.2, -0.15) is 0 Å². The van der Waals surface area contributed by atoms with Gasteiger partial charge in [-0.15, -0.1) is 3.89 Å². The van der Waals surface area contributed by atoms with Crippen LogP contribution >= 0.6 is 12.4 Å². The fraction of sp³-hybridized carbons (Fsp3) is 0.537. The first-order chi connectivity index (χ1) is 24.7. The highest BCUT2D eigenvalue weighted by Crippen LogP contribution is 2.40. The Hall–Kier alpha value is -4.01. The average molecular weight is 736 g/mol. The van der Waals surface area contributed by atoms with Crippen LogP contribution in [-0.2, 0) is 24.5 Å². The number of fused-ring (bicyclic) bond motifs is 1. The summed E-state index contributed by atoms with van der Waals surface area (Å²) < 4.78 is 28.8. The molecule has 3 amide bonds. The predicted octanol–water partition coefficient (Wildman–Crippen LogP) is 8.49. The van der Waals surface area contributed by atoms with Crippen LogP contribution in [0.25, 0.3) is 0 Å². The van der Waals surface area contributed by atoms with Crippen LogP contribution in [0.4, 0.5) is 14.4 Å². The van der Waals surface area contributed by atoms with Crippen molar-refractivity contribution < 1.29 is 31.9 Å². The van der Waals surface area contributed by atoms with Crippen molar-refractivity contribution in [2.45, 2.75) is 122 Å². The number of carbonyl (C=O) groups is 3. The van der Waals surface area contributed by atoms with E-state index in [0.717, 1.165) is 60.9 Å². The SMILES string of the molecule is CC(C)(CCOC(C)(C)CNC(=O)OC1CC/C=C/CCC1)NC(=O)CCC(=O)N1CCC(C)(C)c2cc(C#Cc3ccc(OSF)cc3)ccc21. The van der Waals surface area contributed by atoms with E-state index in [1.54, 1.807) is 29.2 Å². The zero-order chi connectivity index (χ0) is 37.8. The van der Waals surface area contributed by atoms with Crippen LogP contribution in [0.3, 0.4) is 0 Å². The summed E-state index contributed by atoms with van der Waals surface area (Å²) in [5.74, 6) is 6.45. The van der Waals surface area contributed by atoms with Crippen molar-refractivity contribution >= 4 is 36.0 Å². The molecule has 2 aromatic carbocycles.